The molecule has 2 N–H and O–H groups in total. The second-order valence-electron chi connectivity index (χ2n) is 4.85. The fourth-order valence-electron chi connectivity index (χ4n) is 2.33. The van der Waals surface area contributed by atoms with Crippen molar-refractivity contribution in [2.75, 3.05) is 0 Å². The summed E-state index contributed by atoms with van der Waals surface area (Å²) in [5, 5.41) is 5.29. The van der Waals surface area contributed by atoms with Gasteiger partial charge in [0, 0.05) is 28.0 Å². The lowest BCUT2D eigenvalue weighted by Crippen LogP contribution is -2.17. The molecule has 0 spiro atoms. The first-order valence-corrected chi connectivity index (χ1v) is 8.88. The predicted molar refractivity (Wildman–Crippen MR) is 94.8 cm³/mol. The number of benzene rings is 1. The van der Waals surface area contributed by atoms with Crippen molar-refractivity contribution >= 4 is 43.5 Å². The minimum absolute atomic E-state index is 0.128. The average Bonchev–Trinajstić information content (AvgIpc) is 2.75. The number of aromatic nitrogens is 2. The Morgan fingerprint density at radius 3 is 2.62 bits per heavy atom. The van der Waals surface area contributed by atoms with Gasteiger partial charge in [-0.15, -0.1) is 0 Å². The van der Waals surface area contributed by atoms with Gasteiger partial charge in [-0.05, 0) is 31.0 Å². The average molecular weight is 436 g/mol. The van der Waals surface area contributed by atoms with E-state index in [0.29, 0.717) is 6.42 Å². The van der Waals surface area contributed by atoms with Crippen LogP contribution in [0, 0.1) is 0 Å². The summed E-state index contributed by atoms with van der Waals surface area (Å²) in [4.78, 5) is 0. The molecule has 0 radical (unpaired) electrons. The molecule has 0 fully saturated rings. The van der Waals surface area contributed by atoms with Gasteiger partial charge in [0.1, 0.15) is 0 Å². The highest BCUT2D eigenvalue weighted by Gasteiger charge is 2.19. The monoisotopic (exact) mass is 433 g/mol. The van der Waals surface area contributed by atoms with Crippen LogP contribution in [0.15, 0.2) is 27.1 Å². The number of hydrogen-bond acceptors (Lipinski definition) is 2. The summed E-state index contributed by atoms with van der Waals surface area (Å²) in [5.41, 5.74) is 9.39. The first-order valence-electron chi connectivity index (χ1n) is 6.92. The van der Waals surface area contributed by atoms with Crippen molar-refractivity contribution in [1.29, 1.82) is 0 Å². The third kappa shape index (κ3) is 3.70. The number of hydrogen-bond donors (Lipinski definition) is 1. The summed E-state index contributed by atoms with van der Waals surface area (Å²) < 4.78 is 3.97. The SMILES string of the molecule is CCc1nn(CC)c(CC(N)c2ccc(Br)cc2Br)c1Cl. The maximum Gasteiger partial charge on any atom is 0.0850 e. The van der Waals surface area contributed by atoms with Crippen molar-refractivity contribution in [1.82, 2.24) is 9.78 Å². The number of halogens is 3. The van der Waals surface area contributed by atoms with Crippen LogP contribution < -0.4 is 5.73 Å². The third-order valence-electron chi connectivity index (χ3n) is 3.47. The van der Waals surface area contributed by atoms with E-state index in [1.54, 1.807) is 0 Å². The van der Waals surface area contributed by atoms with Gasteiger partial charge in [-0.2, -0.15) is 5.10 Å². The van der Waals surface area contributed by atoms with Crippen LogP contribution >= 0.6 is 43.5 Å². The molecule has 2 rings (SSSR count). The van der Waals surface area contributed by atoms with Crippen LogP contribution in [0.4, 0.5) is 0 Å². The molecule has 0 saturated carbocycles. The van der Waals surface area contributed by atoms with Crippen LogP contribution in [0.2, 0.25) is 5.02 Å². The Morgan fingerprint density at radius 2 is 2.05 bits per heavy atom. The van der Waals surface area contributed by atoms with Gasteiger partial charge in [-0.1, -0.05) is 56.5 Å². The van der Waals surface area contributed by atoms with Crippen molar-refractivity contribution in [2.45, 2.75) is 39.3 Å². The van der Waals surface area contributed by atoms with Gasteiger partial charge in [0.2, 0.25) is 0 Å². The first-order chi connectivity index (χ1) is 9.97. The minimum atomic E-state index is -0.128. The zero-order chi connectivity index (χ0) is 15.6. The van der Waals surface area contributed by atoms with E-state index in [-0.39, 0.29) is 6.04 Å². The minimum Gasteiger partial charge on any atom is -0.324 e. The van der Waals surface area contributed by atoms with Gasteiger partial charge >= 0.3 is 0 Å². The number of nitrogens with two attached hydrogens (primary N) is 1. The summed E-state index contributed by atoms with van der Waals surface area (Å²) in [6.07, 6.45) is 1.50. The van der Waals surface area contributed by atoms with Crippen molar-refractivity contribution in [3.8, 4) is 0 Å². The molecule has 2 aromatic rings. The molecule has 114 valence electrons. The van der Waals surface area contributed by atoms with E-state index in [2.05, 4.69) is 50.8 Å². The molecular formula is C15H18Br2ClN3. The maximum absolute atomic E-state index is 6.45. The van der Waals surface area contributed by atoms with Crippen LogP contribution in [-0.4, -0.2) is 9.78 Å². The molecule has 0 amide bonds. The molecule has 1 aromatic heterocycles. The van der Waals surface area contributed by atoms with Crippen LogP contribution in [0.25, 0.3) is 0 Å². The van der Waals surface area contributed by atoms with E-state index in [1.165, 1.54) is 0 Å². The Balaban J connectivity index is 2.31. The Morgan fingerprint density at radius 1 is 1.33 bits per heavy atom. The molecule has 0 aliphatic carbocycles. The van der Waals surface area contributed by atoms with Crippen LogP contribution in [0.1, 0.15) is 36.8 Å². The molecule has 0 aliphatic heterocycles. The molecule has 0 aliphatic rings. The topological polar surface area (TPSA) is 43.8 Å². The lowest BCUT2D eigenvalue weighted by molar-refractivity contribution is 0.585. The predicted octanol–water partition coefficient (Wildman–Crippen LogP) is 4.89. The smallest absolute Gasteiger partial charge is 0.0850 e. The summed E-state index contributed by atoms with van der Waals surface area (Å²) in [7, 11) is 0. The third-order valence-corrected chi connectivity index (χ3v) is 5.09. The first kappa shape index (κ1) is 17.0. The van der Waals surface area contributed by atoms with Gasteiger partial charge in [0.25, 0.3) is 0 Å². The molecule has 1 unspecified atom stereocenters. The van der Waals surface area contributed by atoms with E-state index < -0.39 is 0 Å². The lowest BCUT2D eigenvalue weighted by Gasteiger charge is -2.15. The molecule has 3 nitrogen and oxygen atoms in total. The largest absolute Gasteiger partial charge is 0.324 e. The quantitative estimate of drug-likeness (QED) is 0.727. The van der Waals surface area contributed by atoms with Crippen molar-refractivity contribution < 1.29 is 0 Å². The second kappa shape index (κ2) is 7.27. The summed E-state index contributed by atoms with van der Waals surface area (Å²) in [6.45, 7) is 4.92. The van der Waals surface area contributed by atoms with Crippen LogP contribution in [0.5, 0.6) is 0 Å². The van der Waals surface area contributed by atoms with E-state index in [1.807, 2.05) is 22.9 Å². The molecule has 0 bridgehead atoms. The van der Waals surface area contributed by atoms with E-state index in [4.69, 9.17) is 17.3 Å². The Kier molecular flexibility index (Phi) is 5.88. The number of rotatable bonds is 5. The van der Waals surface area contributed by atoms with E-state index >= 15 is 0 Å². The summed E-state index contributed by atoms with van der Waals surface area (Å²) in [6, 6.07) is 5.90. The van der Waals surface area contributed by atoms with Crippen molar-refractivity contribution in [2.24, 2.45) is 5.73 Å². The second-order valence-corrected chi connectivity index (χ2v) is 7.00. The van der Waals surface area contributed by atoms with Gasteiger partial charge in [-0.25, -0.2) is 0 Å². The van der Waals surface area contributed by atoms with E-state index in [0.717, 1.165) is 43.9 Å². The summed E-state index contributed by atoms with van der Waals surface area (Å²) in [5.74, 6) is 0. The van der Waals surface area contributed by atoms with Gasteiger partial charge in [-0.3, -0.25) is 4.68 Å². The Labute approximate surface area is 147 Å². The van der Waals surface area contributed by atoms with Gasteiger partial charge in [0.15, 0.2) is 0 Å². The zero-order valence-electron chi connectivity index (χ0n) is 12.0. The standard InChI is InChI=1S/C15H18Br2ClN3/c1-3-13-15(18)14(21(4-2)20-13)8-12(19)10-6-5-9(16)7-11(10)17/h5-7,12H,3-4,8,19H2,1-2H3. The highest BCUT2D eigenvalue weighted by molar-refractivity contribution is 9.11. The normalized spacial score (nSPS) is 12.7. The molecule has 21 heavy (non-hydrogen) atoms. The zero-order valence-corrected chi connectivity index (χ0v) is 16.0. The molecule has 1 aromatic carbocycles. The van der Waals surface area contributed by atoms with Gasteiger partial charge < -0.3 is 5.73 Å². The highest BCUT2D eigenvalue weighted by atomic mass is 79.9. The number of aryl methyl sites for hydroxylation is 2. The van der Waals surface area contributed by atoms with E-state index in [9.17, 15) is 0 Å². The Hall–Kier alpha value is -0.360. The molecule has 1 atom stereocenters. The van der Waals surface area contributed by atoms with Crippen molar-refractivity contribution in [3.63, 3.8) is 0 Å². The molecule has 0 saturated heterocycles. The maximum atomic E-state index is 6.45. The highest BCUT2D eigenvalue weighted by Crippen LogP contribution is 2.30. The fraction of sp³-hybridized carbons (Fsp3) is 0.400. The molecular weight excluding hydrogens is 417 g/mol. The molecule has 6 heteroatoms. The fourth-order valence-corrected chi connectivity index (χ4v) is 4.02. The molecule has 1 heterocycles. The van der Waals surface area contributed by atoms with Crippen LogP contribution in [0.3, 0.4) is 0 Å². The van der Waals surface area contributed by atoms with Crippen LogP contribution in [-0.2, 0) is 19.4 Å². The van der Waals surface area contributed by atoms with Gasteiger partial charge in [0.05, 0.1) is 16.4 Å². The Bertz CT molecular complexity index is 640. The summed E-state index contributed by atoms with van der Waals surface area (Å²) >= 11 is 13.5. The van der Waals surface area contributed by atoms with Crippen molar-refractivity contribution in [3.05, 3.63) is 49.1 Å². The number of nitrogens with zero attached hydrogens (tertiary/aromatic N) is 2. The lowest BCUT2D eigenvalue weighted by atomic mass is 10.0.